The molecule has 156 valence electrons. The van der Waals surface area contributed by atoms with Crippen LogP contribution >= 0.6 is 11.6 Å². The standard InChI is InChI=1S/C22H22ClN3O3S/c23-19-9-11-21(12-10-19)30(28,29)26(15-13-18-6-2-1-3-7-18)17-22(27)25-16-20-8-4-5-14-24-20/h1-12,14H,13,15-17H2,(H,25,27). The number of hydrogen-bond acceptors (Lipinski definition) is 4. The van der Waals surface area contributed by atoms with Crippen LogP contribution in [0.15, 0.2) is 83.9 Å². The van der Waals surface area contributed by atoms with E-state index in [1.807, 2.05) is 36.4 Å². The molecule has 0 aliphatic carbocycles. The van der Waals surface area contributed by atoms with E-state index in [9.17, 15) is 13.2 Å². The van der Waals surface area contributed by atoms with Gasteiger partial charge >= 0.3 is 0 Å². The summed E-state index contributed by atoms with van der Waals surface area (Å²) in [4.78, 5) is 16.8. The molecule has 8 heteroatoms. The van der Waals surface area contributed by atoms with Crippen molar-refractivity contribution in [2.75, 3.05) is 13.1 Å². The van der Waals surface area contributed by atoms with Crippen molar-refractivity contribution in [3.8, 4) is 0 Å². The summed E-state index contributed by atoms with van der Waals surface area (Å²) in [6.45, 7) is 0.115. The van der Waals surface area contributed by atoms with Crippen LogP contribution in [0.25, 0.3) is 0 Å². The molecular formula is C22H22ClN3O3S. The molecule has 1 N–H and O–H groups in total. The van der Waals surface area contributed by atoms with Gasteiger partial charge in [0.25, 0.3) is 0 Å². The van der Waals surface area contributed by atoms with Crippen LogP contribution in [-0.2, 0) is 27.8 Å². The Morgan fingerprint density at radius 1 is 0.967 bits per heavy atom. The summed E-state index contributed by atoms with van der Waals surface area (Å²) in [5, 5.41) is 3.17. The summed E-state index contributed by atoms with van der Waals surface area (Å²) < 4.78 is 27.5. The monoisotopic (exact) mass is 443 g/mol. The van der Waals surface area contributed by atoms with Gasteiger partial charge in [-0.05, 0) is 48.4 Å². The minimum absolute atomic E-state index is 0.0949. The van der Waals surface area contributed by atoms with Gasteiger partial charge in [0.1, 0.15) is 0 Å². The second-order valence-electron chi connectivity index (χ2n) is 6.63. The molecule has 0 bridgehead atoms. The minimum atomic E-state index is -3.87. The van der Waals surface area contributed by atoms with Gasteiger partial charge in [-0.25, -0.2) is 8.42 Å². The van der Waals surface area contributed by atoms with E-state index in [2.05, 4.69) is 10.3 Å². The van der Waals surface area contributed by atoms with Gasteiger partial charge in [0.05, 0.1) is 23.7 Å². The van der Waals surface area contributed by atoms with Crippen molar-refractivity contribution in [1.29, 1.82) is 0 Å². The number of carbonyl (C=O) groups excluding carboxylic acids is 1. The van der Waals surface area contributed by atoms with Gasteiger partial charge in [-0.15, -0.1) is 0 Å². The quantitative estimate of drug-likeness (QED) is 0.550. The lowest BCUT2D eigenvalue weighted by molar-refractivity contribution is -0.121. The number of benzene rings is 2. The number of aromatic nitrogens is 1. The molecule has 0 unspecified atom stereocenters. The van der Waals surface area contributed by atoms with Crippen LogP contribution in [0.5, 0.6) is 0 Å². The summed E-state index contributed by atoms with van der Waals surface area (Å²) in [6, 6.07) is 20.9. The lowest BCUT2D eigenvalue weighted by Gasteiger charge is -2.22. The molecule has 3 aromatic rings. The molecule has 0 aliphatic heterocycles. The first-order valence-corrected chi connectivity index (χ1v) is 11.2. The number of sulfonamides is 1. The minimum Gasteiger partial charge on any atom is -0.349 e. The normalized spacial score (nSPS) is 11.4. The number of rotatable bonds is 9. The van der Waals surface area contributed by atoms with E-state index < -0.39 is 15.9 Å². The Labute approximate surface area is 181 Å². The van der Waals surface area contributed by atoms with Crippen molar-refractivity contribution >= 4 is 27.5 Å². The Morgan fingerprint density at radius 3 is 2.33 bits per heavy atom. The predicted molar refractivity (Wildman–Crippen MR) is 116 cm³/mol. The zero-order valence-electron chi connectivity index (χ0n) is 16.2. The van der Waals surface area contributed by atoms with Crippen LogP contribution in [-0.4, -0.2) is 36.7 Å². The third-order valence-electron chi connectivity index (χ3n) is 4.46. The lowest BCUT2D eigenvalue weighted by atomic mass is 10.1. The SMILES string of the molecule is O=C(CN(CCc1ccccc1)S(=O)(=O)c1ccc(Cl)cc1)NCc1ccccn1. The molecule has 0 spiro atoms. The molecule has 6 nitrogen and oxygen atoms in total. The summed E-state index contributed by atoms with van der Waals surface area (Å²) >= 11 is 5.89. The van der Waals surface area contributed by atoms with E-state index in [-0.39, 0.29) is 24.5 Å². The molecule has 0 saturated heterocycles. The van der Waals surface area contributed by atoms with Crippen LogP contribution in [0, 0.1) is 0 Å². The Balaban J connectivity index is 1.74. The number of halogens is 1. The van der Waals surface area contributed by atoms with Crippen molar-refractivity contribution in [3.63, 3.8) is 0 Å². The van der Waals surface area contributed by atoms with E-state index >= 15 is 0 Å². The van der Waals surface area contributed by atoms with E-state index in [0.717, 1.165) is 5.56 Å². The number of nitrogens with one attached hydrogen (secondary N) is 1. The number of amides is 1. The molecule has 30 heavy (non-hydrogen) atoms. The first-order valence-electron chi connectivity index (χ1n) is 9.41. The fraction of sp³-hybridized carbons (Fsp3) is 0.182. The fourth-order valence-electron chi connectivity index (χ4n) is 2.85. The Kier molecular flexibility index (Phi) is 7.57. The maximum absolute atomic E-state index is 13.2. The third kappa shape index (κ3) is 6.13. The van der Waals surface area contributed by atoms with Crippen molar-refractivity contribution in [2.24, 2.45) is 0 Å². The van der Waals surface area contributed by atoms with Gasteiger partial charge < -0.3 is 5.32 Å². The highest BCUT2D eigenvalue weighted by Crippen LogP contribution is 2.19. The van der Waals surface area contributed by atoms with Gasteiger partial charge in [0.15, 0.2) is 0 Å². The zero-order chi connectivity index (χ0) is 21.4. The molecule has 1 aromatic heterocycles. The van der Waals surface area contributed by atoms with E-state index in [4.69, 9.17) is 11.6 Å². The largest absolute Gasteiger partial charge is 0.349 e. The van der Waals surface area contributed by atoms with Crippen molar-refractivity contribution < 1.29 is 13.2 Å². The molecule has 0 fully saturated rings. The van der Waals surface area contributed by atoms with E-state index in [1.54, 1.807) is 18.3 Å². The molecule has 0 atom stereocenters. The molecular weight excluding hydrogens is 422 g/mol. The number of nitrogens with zero attached hydrogens (tertiary/aromatic N) is 2. The molecule has 0 saturated carbocycles. The van der Waals surface area contributed by atoms with Crippen LogP contribution in [0.2, 0.25) is 5.02 Å². The Bertz CT molecular complexity index is 1060. The second-order valence-corrected chi connectivity index (χ2v) is 9.00. The fourth-order valence-corrected chi connectivity index (χ4v) is 4.37. The molecule has 0 aliphatic rings. The first-order chi connectivity index (χ1) is 14.4. The average Bonchev–Trinajstić information content (AvgIpc) is 2.77. The molecule has 2 aromatic carbocycles. The molecule has 3 rings (SSSR count). The smallest absolute Gasteiger partial charge is 0.243 e. The van der Waals surface area contributed by atoms with Crippen LogP contribution in [0.4, 0.5) is 0 Å². The first kappa shape index (κ1) is 22.0. The molecule has 1 heterocycles. The van der Waals surface area contributed by atoms with Gasteiger partial charge in [0, 0.05) is 17.8 Å². The summed E-state index contributed by atoms with van der Waals surface area (Å²) in [7, 11) is -3.87. The number of pyridine rings is 1. The van der Waals surface area contributed by atoms with Crippen molar-refractivity contribution in [3.05, 3.63) is 95.3 Å². The maximum atomic E-state index is 13.2. The lowest BCUT2D eigenvalue weighted by Crippen LogP contribution is -2.41. The summed E-state index contributed by atoms with van der Waals surface area (Å²) in [5.41, 5.74) is 1.69. The van der Waals surface area contributed by atoms with E-state index in [1.165, 1.54) is 28.6 Å². The third-order valence-corrected chi connectivity index (χ3v) is 6.57. The van der Waals surface area contributed by atoms with Gasteiger partial charge in [0.2, 0.25) is 15.9 Å². The zero-order valence-corrected chi connectivity index (χ0v) is 17.8. The second kappa shape index (κ2) is 10.3. The highest BCUT2D eigenvalue weighted by molar-refractivity contribution is 7.89. The Hall–Kier alpha value is -2.74. The van der Waals surface area contributed by atoms with Crippen LogP contribution in [0.3, 0.4) is 0 Å². The summed E-state index contributed by atoms with van der Waals surface area (Å²) in [5.74, 6) is -0.397. The predicted octanol–water partition coefficient (Wildman–Crippen LogP) is 3.28. The topological polar surface area (TPSA) is 79.4 Å². The molecule has 0 radical (unpaired) electrons. The highest BCUT2D eigenvalue weighted by atomic mass is 35.5. The van der Waals surface area contributed by atoms with Gasteiger partial charge in [-0.2, -0.15) is 4.31 Å². The molecule has 1 amide bonds. The Morgan fingerprint density at radius 2 is 1.67 bits per heavy atom. The number of carbonyl (C=O) groups is 1. The van der Waals surface area contributed by atoms with E-state index in [0.29, 0.717) is 17.1 Å². The maximum Gasteiger partial charge on any atom is 0.243 e. The highest BCUT2D eigenvalue weighted by Gasteiger charge is 2.26. The number of hydrogen-bond donors (Lipinski definition) is 1. The van der Waals surface area contributed by atoms with Crippen molar-refractivity contribution in [1.82, 2.24) is 14.6 Å². The van der Waals surface area contributed by atoms with Crippen LogP contribution < -0.4 is 5.32 Å². The van der Waals surface area contributed by atoms with Crippen LogP contribution in [0.1, 0.15) is 11.3 Å². The summed E-state index contributed by atoms with van der Waals surface area (Å²) in [6.07, 6.45) is 2.12. The average molecular weight is 444 g/mol. The van der Waals surface area contributed by atoms with Gasteiger partial charge in [-0.1, -0.05) is 48.0 Å². The van der Waals surface area contributed by atoms with Gasteiger partial charge in [-0.3, -0.25) is 9.78 Å². The van der Waals surface area contributed by atoms with Crippen molar-refractivity contribution in [2.45, 2.75) is 17.9 Å².